The highest BCUT2D eigenvalue weighted by Gasteiger charge is 2.20. The van der Waals surface area contributed by atoms with Crippen molar-refractivity contribution < 1.29 is 13.2 Å². The van der Waals surface area contributed by atoms with Gasteiger partial charge in [0.25, 0.3) is 10.0 Å². The minimum absolute atomic E-state index is 0.153. The summed E-state index contributed by atoms with van der Waals surface area (Å²) < 4.78 is 33.4. The summed E-state index contributed by atoms with van der Waals surface area (Å²) in [5, 5.41) is 0. The number of sulfonamides is 1. The van der Waals surface area contributed by atoms with Crippen molar-refractivity contribution in [2.24, 2.45) is 0 Å². The first-order valence-corrected chi connectivity index (χ1v) is 8.67. The van der Waals surface area contributed by atoms with Crippen LogP contribution in [0.2, 0.25) is 0 Å². The van der Waals surface area contributed by atoms with E-state index < -0.39 is 10.0 Å². The van der Waals surface area contributed by atoms with Gasteiger partial charge in [0.05, 0.1) is 12.3 Å². The lowest BCUT2D eigenvalue weighted by molar-refractivity contribution is 0.301. The molecular formula is C16H20N2O3S. The van der Waals surface area contributed by atoms with Crippen molar-refractivity contribution in [2.45, 2.75) is 31.6 Å². The van der Waals surface area contributed by atoms with Crippen LogP contribution in [0.4, 0.5) is 5.69 Å². The minimum atomic E-state index is -3.71. The number of nitrogens with zero attached hydrogens (tertiary/aromatic N) is 1. The lowest BCUT2D eigenvalue weighted by atomic mass is 10.2. The molecule has 118 valence electrons. The van der Waals surface area contributed by atoms with Crippen molar-refractivity contribution in [1.29, 1.82) is 0 Å². The average molecular weight is 320 g/mol. The van der Waals surface area contributed by atoms with Gasteiger partial charge in [0.2, 0.25) is 0 Å². The van der Waals surface area contributed by atoms with E-state index >= 15 is 0 Å². The van der Waals surface area contributed by atoms with Crippen molar-refractivity contribution in [3.05, 3.63) is 48.3 Å². The van der Waals surface area contributed by atoms with Crippen molar-refractivity contribution in [2.75, 3.05) is 11.3 Å². The van der Waals surface area contributed by atoms with Gasteiger partial charge in [-0.1, -0.05) is 19.4 Å². The lowest BCUT2D eigenvalue weighted by Crippen LogP contribution is -2.15. The maximum absolute atomic E-state index is 12.6. The summed E-state index contributed by atoms with van der Waals surface area (Å²) in [6.07, 6.45) is 4.94. The van der Waals surface area contributed by atoms with Gasteiger partial charge in [-0.2, -0.15) is 0 Å². The Bertz CT molecular complexity index is 715. The molecule has 1 heterocycles. The van der Waals surface area contributed by atoms with E-state index in [1.807, 2.05) is 13.0 Å². The molecule has 1 aromatic carbocycles. The molecule has 0 spiro atoms. The number of rotatable bonds is 7. The molecular weight excluding hydrogens is 300 g/mol. The average Bonchev–Trinajstić information content (AvgIpc) is 2.49. The summed E-state index contributed by atoms with van der Waals surface area (Å²) in [5.41, 5.74) is 1.33. The van der Waals surface area contributed by atoms with Gasteiger partial charge in [0, 0.05) is 12.4 Å². The summed E-state index contributed by atoms with van der Waals surface area (Å²) >= 11 is 0. The fourth-order valence-electron chi connectivity index (χ4n) is 1.90. The first-order chi connectivity index (χ1) is 10.5. The van der Waals surface area contributed by atoms with Gasteiger partial charge in [-0.05, 0) is 43.2 Å². The van der Waals surface area contributed by atoms with Crippen molar-refractivity contribution in [1.82, 2.24) is 4.98 Å². The third-order valence-corrected chi connectivity index (χ3v) is 4.48. The topological polar surface area (TPSA) is 68.3 Å². The molecule has 22 heavy (non-hydrogen) atoms. The van der Waals surface area contributed by atoms with Crippen molar-refractivity contribution in [3.8, 4) is 5.75 Å². The fourth-order valence-corrected chi connectivity index (χ4v) is 3.19. The third-order valence-electron chi connectivity index (χ3n) is 3.08. The number of unbranched alkanes of at least 4 members (excludes halogenated alkanes) is 1. The highest BCUT2D eigenvalue weighted by molar-refractivity contribution is 7.92. The van der Waals surface area contributed by atoms with Crippen LogP contribution in [0.3, 0.4) is 0 Å². The minimum Gasteiger partial charge on any atom is -0.492 e. The fraction of sp³-hybridized carbons (Fsp3) is 0.312. The number of pyridine rings is 1. The molecule has 2 aromatic rings. The Morgan fingerprint density at radius 3 is 2.59 bits per heavy atom. The maximum atomic E-state index is 12.6. The Hall–Kier alpha value is -2.08. The van der Waals surface area contributed by atoms with E-state index in [1.165, 1.54) is 12.4 Å². The second-order valence-electron chi connectivity index (χ2n) is 4.99. The van der Waals surface area contributed by atoms with E-state index in [4.69, 9.17) is 4.74 Å². The van der Waals surface area contributed by atoms with Crippen molar-refractivity contribution in [3.63, 3.8) is 0 Å². The molecule has 0 fully saturated rings. The molecule has 0 atom stereocenters. The first kappa shape index (κ1) is 16.3. The van der Waals surface area contributed by atoms with Crippen LogP contribution in [-0.2, 0) is 10.0 Å². The lowest BCUT2D eigenvalue weighted by Gasteiger charge is -2.14. The second-order valence-corrected chi connectivity index (χ2v) is 6.64. The van der Waals surface area contributed by atoms with Crippen LogP contribution in [0.5, 0.6) is 5.75 Å². The number of anilines is 1. The third kappa shape index (κ3) is 4.21. The predicted molar refractivity (Wildman–Crippen MR) is 86.6 cm³/mol. The molecule has 2 rings (SSSR count). The number of ether oxygens (including phenoxy) is 1. The van der Waals surface area contributed by atoms with E-state index in [0.29, 0.717) is 18.0 Å². The van der Waals surface area contributed by atoms with Gasteiger partial charge in [-0.15, -0.1) is 0 Å². The molecule has 0 aliphatic carbocycles. The van der Waals surface area contributed by atoms with Crippen LogP contribution >= 0.6 is 0 Å². The zero-order valence-corrected chi connectivity index (χ0v) is 13.6. The van der Waals surface area contributed by atoms with E-state index in [2.05, 4.69) is 16.6 Å². The molecule has 0 saturated carbocycles. The monoisotopic (exact) mass is 320 g/mol. The standard InChI is InChI=1S/C16H20N2O3S/c1-3-4-11-21-15-6-5-13(2)12-16(15)22(19,20)18-14-7-9-17-10-8-14/h5-10,12H,3-4,11H2,1-2H3,(H,17,18). The second kappa shape index (κ2) is 7.26. The zero-order chi connectivity index (χ0) is 16.0. The zero-order valence-electron chi connectivity index (χ0n) is 12.7. The quantitative estimate of drug-likeness (QED) is 0.794. The van der Waals surface area contributed by atoms with E-state index in [1.54, 1.807) is 24.3 Å². The van der Waals surface area contributed by atoms with Crippen LogP contribution in [0, 0.1) is 6.92 Å². The Labute approximate surface area is 131 Å². The highest BCUT2D eigenvalue weighted by Crippen LogP contribution is 2.27. The number of nitrogens with one attached hydrogen (secondary N) is 1. The predicted octanol–water partition coefficient (Wildman–Crippen LogP) is 3.37. The summed E-state index contributed by atoms with van der Waals surface area (Å²) in [6, 6.07) is 8.36. The largest absolute Gasteiger partial charge is 0.492 e. The molecule has 0 bridgehead atoms. The number of aryl methyl sites for hydroxylation is 1. The summed E-state index contributed by atoms with van der Waals surface area (Å²) in [5.74, 6) is 0.376. The molecule has 0 aliphatic heterocycles. The molecule has 1 aromatic heterocycles. The molecule has 0 radical (unpaired) electrons. The van der Waals surface area contributed by atoms with Crippen LogP contribution in [0.1, 0.15) is 25.3 Å². The molecule has 0 amide bonds. The van der Waals surface area contributed by atoms with Gasteiger partial charge >= 0.3 is 0 Å². The van der Waals surface area contributed by atoms with E-state index in [0.717, 1.165) is 18.4 Å². The molecule has 0 saturated heterocycles. The van der Waals surface area contributed by atoms with Crippen molar-refractivity contribution >= 4 is 15.7 Å². The Morgan fingerprint density at radius 1 is 1.18 bits per heavy atom. The van der Waals surface area contributed by atoms with Gasteiger partial charge in [-0.3, -0.25) is 9.71 Å². The molecule has 6 heteroatoms. The Morgan fingerprint density at radius 2 is 1.91 bits per heavy atom. The van der Waals surface area contributed by atoms with Crippen LogP contribution in [0.25, 0.3) is 0 Å². The number of hydrogen-bond donors (Lipinski definition) is 1. The highest BCUT2D eigenvalue weighted by atomic mass is 32.2. The van der Waals surface area contributed by atoms with Crippen LogP contribution in [0.15, 0.2) is 47.6 Å². The number of benzene rings is 1. The van der Waals surface area contributed by atoms with Gasteiger partial charge in [0.15, 0.2) is 0 Å². The maximum Gasteiger partial charge on any atom is 0.265 e. The van der Waals surface area contributed by atoms with E-state index in [-0.39, 0.29) is 4.90 Å². The van der Waals surface area contributed by atoms with Gasteiger partial charge in [-0.25, -0.2) is 8.42 Å². The Balaban J connectivity index is 2.30. The number of hydrogen-bond acceptors (Lipinski definition) is 4. The molecule has 0 unspecified atom stereocenters. The summed E-state index contributed by atoms with van der Waals surface area (Å²) in [7, 11) is -3.71. The summed E-state index contributed by atoms with van der Waals surface area (Å²) in [4.78, 5) is 4.02. The van der Waals surface area contributed by atoms with Gasteiger partial charge in [0.1, 0.15) is 10.6 Å². The number of aromatic nitrogens is 1. The molecule has 1 N–H and O–H groups in total. The normalized spacial score (nSPS) is 11.2. The Kier molecular flexibility index (Phi) is 5.38. The SMILES string of the molecule is CCCCOc1ccc(C)cc1S(=O)(=O)Nc1ccncc1. The van der Waals surface area contributed by atoms with Gasteiger partial charge < -0.3 is 4.74 Å². The molecule has 0 aliphatic rings. The molecule has 5 nitrogen and oxygen atoms in total. The van der Waals surface area contributed by atoms with E-state index in [9.17, 15) is 8.42 Å². The summed E-state index contributed by atoms with van der Waals surface area (Å²) in [6.45, 7) is 4.40. The van der Waals surface area contributed by atoms with Crippen LogP contribution < -0.4 is 9.46 Å². The smallest absolute Gasteiger partial charge is 0.265 e. The first-order valence-electron chi connectivity index (χ1n) is 7.19. The van der Waals surface area contributed by atoms with Crippen LogP contribution in [-0.4, -0.2) is 20.0 Å².